The van der Waals surface area contributed by atoms with E-state index in [9.17, 15) is 4.79 Å². The first kappa shape index (κ1) is 5.90. The molecule has 9 heavy (non-hydrogen) atoms. The van der Waals surface area contributed by atoms with Gasteiger partial charge in [0.15, 0.2) is 6.39 Å². The predicted octanol–water partition coefficient (Wildman–Crippen LogP) is -1.08. The molecule has 0 unspecified atom stereocenters. The molecule has 0 saturated carbocycles. The molecule has 5 nitrogen and oxygen atoms in total. The largest absolute Gasteiger partial charge is 0.428 e. The van der Waals surface area contributed by atoms with Crippen LogP contribution in [0.5, 0.6) is 0 Å². The van der Waals surface area contributed by atoms with E-state index in [1.54, 1.807) is 0 Å². The van der Waals surface area contributed by atoms with E-state index in [0.29, 0.717) is 0 Å². The molecule has 0 fully saturated rings. The lowest BCUT2D eigenvalue weighted by molar-refractivity contribution is 0.230. The quantitative estimate of drug-likeness (QED) is 0.520. The molecule has 0 amide bonds. The number of hydrogen-bond donors (Lipinski definition) is 1. The predicted molar refractivity (Wildman–Crippen MR) is 26.5 cm³/mol. The number of aliphatic hydroxyl groups is 1. The summed E-state index contributed by atoms with van der Waals surface area (Å²) >= 11 is 0. The van der Waals surface area contributed by atoms with Gasteiger partial charge in [-0.1, -0.05) is 0 Å². The maximum atomic E-state index is 10.3. The Hall–Kier alpha value is -1.23. The second kappa shape index (κ2) is 2.36. The molecule has 1 rings (SSSR count). The second-order valence-electron chi connectivity index (χ2n) is 1.30. The molecule has 0 aliphatic heterocycles. The van der Waals surface area contributed by atoms with Gasteiger partial charge >= 0.3 is 5.69 Å². The Morgan fingerprint density at radius 2 is 2.56 bits per heavy atom. The zero-order chi connectivity index (χ0) is 6.69. The summed E-state index contributed by atoms with van der Waals surface area (Å²) in [7, 11) is 0. The third-order valence-electron chi connectivity index (χ3n) is 0.707. The third kappa shape index (κ3) is 1.33. The lowest BCUT2D eigenvalue weighted by Gasteiger charge is -1.86. The van der Waals surface area contributed by atoms with Gasteiger partial charge in [-0.2, -0.15) is 9.97 Å². The molecule has 0 bridgehead atoms. The lowest BCUT2D eigenvalue weighted by Crippen LogP contribution is -2.10. The molecule has 48 valence electrons. The highest BCUT2D eigenvalue weighted by Gasteiger charge is 1.92. The molecule has 0 aromatic carbocycles. The van der Waals surface area contributed by atoms with Gasteiger partial charge in [0.2, 0.25) is 5.89 Å². The molecular formula is C4H4N2O3. The van der Waals surface area contributed by atoms with Crippen molar-refractivity contribution >= 4 is 0 Å². The van der Waals surface area contributed by atoms with Crippen LogP contribution >= 0.6 is 0 Å². The Morgan fingerprint density at radius 3 is 3.00 bits per heavy atom. The molecule has 0 radical (unpaired) electrons. The second-order valence-corrected chi connectivity index (χ2v) is 1.30. The van der Waals surface area contributed by atoms with Crippen molar-refractivity contribution in [2.24, 2.45) is 0 Å². The van der Waals surface area contributed by atoms with Gasteiger partial charge in [-0.3, -0.25) is 0 Å². The van der Waals surface area contributed by atoms with Crippen LogP contribution < -0.4 is 5.69 Å². The minimum absolute atomic E-state index is 0.0185. The zero-order valence-electron chi connectivity index (χ0n) is 4.44. The van der Waals surface area contributed by atoms with Crippen molar-refractivity contribution in [2.45, 2.75) is 6.61 Å². The zero-order valence-corrected chi connectivity index (χ0v) is 4.44. The molecule has 1 N–H and O–H groups in total. The molecule has 0 spiro atoms. The van der Waals surface area contributed by atoms with Gasteiger partial charge in [0.1, 0.15) is 6.61 Å². The summed E-state index contributed by atoms with van der Waals surface area (Å²) in [5, 5.41) is 8.34. The topological polar surface area (TPSA) is 76.2 Å². The van der Waals surface area contributed by atoms with E-state index in [-0.39, 0.29) is 12.5 Å². The van der Waals surface area contributed by atoms with Gasteiger partial charge in [0, 0.05) is 0 Å². The maximum Gasteiger partial charge on any atom is 0.372 e. The summed E-state index contributed by atoms with van der Waals surface area (Å²) in [6.07, 6.45) is 0.945. The van der Waals surface area contributed by atoms with Crippen LogP contribution in [0.4, 0.5) is 0 Å². The third-order valence-corrected chi connectivity index (χ3v) is 0.707. The molecule has 5 heteroatoms. The van der Waals surface area contributed by atoms with Crippen molar-refractivity contribution in [3.63, 3.8) is 0 Å². The molecule has 1 aromatic heterocycles. The van der Waals surface area contributed by atoms with E-state index in [2.05, 4.69) is 14.4 Å². The van der Waals surface area contributed by atoms with Gasteiger partial charge in [0.05, 0.1) is 0 Å². The summed E-state index contributed by atoms with van der Waals surface area (Å²) in [6.45, 7) is -0.377. The Labute approximate surface area is 50.0 Å². The summed E-state index contributed by atoms with van der Waals surface area (Å²) in [6, 6.07) is 0. The average Bonchev–Trinajstić information content (AvgIpc) is 1.88. The van der Waals surface area contributed by atoms with Gasteiger partial charge in [-0.05, 0) is 0 Å². The van der Waals surface area contributed by atoms with Crippen molar-refractivity contribution in [1.82, 2.24) is 9.97 Å². The smallest absolute Gasteiger partial charge is 0.372 e. The summed E-state index contributed by atoms with van der Waals surface area (Å²) in [4.78, 5) is 16.6. The van der Waals surface area contributed by atoms with Crippen molar-refractivity contribution < 1.29 is 9.52 Å². The first-order valence-corrected chi connectivity index (χ1v) is 2.24. The van der Waals surface area contributed by atoms with Crippen LogP contribution in [-0.2, 0) is 6.61 Å². The highest BCUT2D eigenvalue weighted by Crippen LogP contribution is 1.84. The first-order chi connectivity index (χ1) is 4.33. The van der Waals surface area contributed by atoms with Crippen molar-refractivity contribution in [3.8, 4) is 0 Å². The molecule has 1 heterocycles. The summed E-state index contributed by atoms with van der Waals surface area (Å²) in [5.41, 5.74) is -0.648. The summed E-state index contributed by atoms with van der Waals surface area (Å²) in [5.74, 6) is -0.0185. The van der Waals surface area contributed by atoms with E-state index in [1.165, 1.54) is 0 Å². The van der Waals surface area contributed by atoms with Crippen LogP contribution in [-0.4, -0.2) is 15.1 Å². The Bertz CT molecular complexity index is 244. The van der Waals surface area contributed by atoms with E-state index >= 15 is 0 Å². The fourth-order valence-corrected chi connectivity index (χ4v) is 0.367. The van der Waals surface area contributed by atoms with Gasteiger partial charge in [0.25, 0.3) is 0 Å². The number of rotatable bonds is 1. The van der Waals surface area contributed by atoms with E-state index in [4.69, 9.17) is 5.11 Å². The fourth-order valence-electron chi connectivity index (χ4n) is 0.367. The number of aliphatic hydroxyl groups excluding tert-OH is 1. The van der Waals surface area contributed by atoms with E-state index < -0.39 is 5.69 Å². The van der Waals surface area contributed by atoms with E-state index in [1.807, 2.05) is 0 Å². The van der Waals surface area contributed by atoms with E-state index in [0.717, 1.165) is 6.39 Å². The lowest BCUT2D eigenvalue weighted by atomic mass is 10.7. The van der Waals surface area contributed by atoms with Crippen LogP contribution in [0.1, 0.15) is 5.89 Å². The summed E-state index contributed by atoms with van der Waals surface area (Å²) < 4.78 is 4.49. The molecule has 1 aromatic rings. The fraction of sp³-hybridized carbons (Fsp3) is 0.250. The Balaban J connectivity index is 3.08. The number of nitrogens with zero attached hydrogens (tertiary/aromatic N) is 2. The normalized spacial score (nSPS) is 9.44. The standard InChI is InChI=1S/C4H4N2O3/c7-1-3-6-4(8)5-2-9-3/h2,7H,1H2. The minimum atomic E-state index is -0.648. The van der Waals surface area contributed by atoms with Crippen molar-refractivity contribution in [3.05, 3.63) is 22.8 Å². The van der Waals surface area contributed by atoms with Crippen molar-refractivity contribution in [1.29, 1.82) is 0 Å². The monoisotopic (exact) mass is 128 g/mol. The first-order valence-electron chi connectivity index (χ1n) is 2.24. The average molecular weight is 128 g/mol. The van der Waals surface area contributed by atoms with Gasteiger partial charge in [-0.25, -0.2) is 4.79 Å². The molecule has 0 aliphatic rings. The Morgan fingerprint density at radius 1 is 1.78 bits per heavy atom. The number of aromatic nitrogens is 2. The molecule has 0 saturated heterocycles. The highest BCUT2D eigenvalue weighted by molar-refractivity contribution is 4.69. The van der Waals surface area contributed by atoms with Crippen LogP contribution in [0, 0.1) is 0 Å². The van der Waals surface area contributed by atoms with Crippen LogP contribution in [0.3, 0.4) is 0 Å². The van der Waals surface area contributed by atoms with Crippen LogP contribution in [0.2, 0.25) is 0 Å². The maximum absolute atomic E-state index is 10.3. The minimum Gasteiger partial charge on any atom is -0.428 e. The molecule has 0 atom stereocenters. The highest BCUT2D eigenvalue weighted by atomic mass is 16.4. The van der Waals surface area contributed by atoms with Gasteiger partial charge < -0.3 is 9.52 Å². The van der Waals surface area contributed by atoms with Crippen LogP contribution in [0.25, 0.3) is 0 Å². The Kier molecular flexibility index (Phi) is 1.55. The number of hydrogen-bond acceptors (Lipinski definition) is 5. The molecule has 0 aliphatic carbocycles. The van der Waals surface area contributed by atoms with Crippen LogP contribution in [0.15, 0.2) is 15.6 Å². The van der Waals surface area contributed by atoms with Crippen molar-refractivity contribution in [2.75, 3.05) is 0 Å². The molecular weight excluding hydrogens is 124 g/mol. The SMILES string of the molecule is O=c1ncoc(CO)n1. The van der Waals surface area contributed by atoms with Gasteiger partial charge in [-0.15, -0.1) is 0 Å².